The first-order valence-electron chi connectivity index (χ1n) is 7.83. The predicted molar refractivity (Wildman–Crippen MR) is 95.3 cm³/mol. The average molecular weight is 419 g/mol. The van der Waals surface area contributed by atoms with Gasteiger partial charge in [-0.2, -0.15) is 0 Å². The fourth-order valence-electron chi connectivity index (χ4n) is 2.51. The van der Waals surface area contributed by atoms with Crippen molar-refractivity contribution in [2.75, 3.05) is 13.1 Å². The Morgan fingerprint density at radius 3 is 2.54 bits per heavy atom. The Kier molecular flexibility index (Phi) is 5.93. The summed E-state index contributed by atoms with van der Waals surface area (Å²) in [4.78, 5) is 14.0. The fraction of sp³-hybridized carbons (Fsp3) is 0.562. The summed E-state index contributed by atoms with van der Waals surface area (Å²) >= 11 is 3.28. The third-order valence-corrected chi connectivity index (χ3v) is 5.61. The van der Waals surface area contributed by atoms with Gasteiger partial charge in [0.05, 0.1) is 4.90 Å². The standard InChI is InChI=1S/C16H23BrN2O4S/c1-16(2,3)23-15(20)19-10-4-5-13(19)11-18-24(21,22)14-8-6-12(17)7-9-14/h6-9,13,18H,4-5,10-11H2,1-3H3/t13-/m0/s1. The van der Waals surface area contributed by atoms with Crippen LogP contribution < -0.4 is 4.72 Å². The van der Waals surface area contributed by atoms with Crippen LogP contribution in [0.3, 0.4) is 0 Å². The third kappa shape index (κ3) is 5.19. The van der Waals surface area contributed by atoms with E-state index in [1.54, 1.807) is 17.0 Å². The second-order valence-electron chi connectivity index (χ2n) is 6.78. The van der Waals surface area contributed by atoms with E-state index in [1.165, 1.54) is 12.1 Å². The lowest BCUT2D eigenvalue weighted by atomic mass is 10.2. The van der Waals surface area contributed by atoms with Crippen LogP contribution in [0.1, 0.15) is 33.6 Å². The van der Waals surface area contributed by atoms with Crippen LogP contribution in [-0.4, -0.2) is 44.1 Å². The average Bonchev–Trinajstić information content (AvgIpc) is 2.92. The second-order valence-corrected chi connectivity index (χ2v) is 9.46. The van der Waals surface area contributed by atoms with Crippen molar-refractivity contribution in [3.05, 3.63) is 28.7 Å². The summed E-state index contributed by atoms with van der Waals surface area (Å²) in [5.74, 6) is 0. The van der Waals surface area contributed by atoms with Gasteiger partial charge >= 0.3 is 6.09 Å². The molecule has 1 atom stereocenters. The second kappa shape index (κ2) is 7.41. The van der Waals surface area contributed by atoms with Crippen LogP contribution in [0.4, 0.5) is 4.79 Å². The molecule has 6 nitrogen and oxygen atoms in total. The molecule has 1 N–H and O–H groups in total. The Hall–Kier alpha value is -1.12. The van der Waals surface area contributed by atoms with E-state index in [0.29, 0.717) is 6.54 Å². The minimum absolute atomic E-state index is 0.178. The van der Waals surface area contributed by atoms with Crippen molar-refractivity contribution in [2.24, 2.45) is 0 Å². The molecular formula is C16H23BrN2O4S. The first-order valence-corrected chi connectivity index (χ1v) is 10.1. The molecule has 1 heterocycles. The van der Waals surface area contributed by atoms with Gasteiger partial charge in [0.2, 0.25) is 10.0 Å². The van der Waals surface area contributed by atoms with Crippen molar-refractivity contribution in [1.29, 1.82) is 0 Å². The number of hydrogen-bond donors (Lipinski definition) is 1. The number of halogens is 1. The molecule has 1 aliphatic rings. The Morgan fingerprint density at radius 2 is 1.96 bits per heavy atom. The maximum Gasteiger partial charge on any atom is 0.410 e. The van der Waals surface area contributed by atoms with E-state index in [2.05, 4.69) is 20.7 Å². The summed E-state index contributed by atoms with van der Waals surface area (Å²) in [6, 6.07) is 6.23. The van der Waals surface area contributed by atoms with Crippen LogP contribution in [-0.2, 0) is 14.8 Å². The van der Waals surface area contributed by atoms with E-state index in [-0.39, 0.29) is 17.5 Å². The van der Waals surface area contributed by atoms with Crippen LogP contribution in [0.2, 0.25) is 0 Å². The number of ether oxygens (including phenoxy) is 1. The molecule has 2 rings (SSSR count). The molecule has 0 aliphatic carbocycles. The molecule has 24 heavy (non-hydrogen) atoms. The maximum absolute atomic E-state index is 12.3. The molecule has 0 aromatic heterocycles. The lowest BCUT2D eigenvalue weighted by molar-refractivity contribution is 0.0229. The smallest absolute Gasteiger partial charge is 0.410 e. The van der Waals surface area contributed by atoms with Crippen molar-refractivity contribution < 1.29 is 17.9 Å². The molecule has 1 saturated heterocycles. The van der Waals surface area contributed by atoms with E-state index in [0.717, 1.165) is 17.3 Å². The minimum Gasteiger partial charge on any atom is -0.444 e. The molecule has 1 aromatic rings. The van der Waals surface area contributed by atoms with Crippen LogP contribution in [0.5, 0.6) is 0 Å². The summed E-state index contributed by atoms with van der Waals surface area (Å²) in [5, 5.41) is 0. The van der Waals surface area contributed by atoms with Gasteiger partial charge in [-0.25, -0.2) is 17.9 Å². The van der Waals surface area contributed by atoms with Crippen LogP contribution in [0.25, 0.3) is 0 Å². The van der Waals surface area contributed by atoms with E-state index in [1.807, 2.05) is 20.8 Å². The van der Waals surface area contributed by atoms with Crippen molar-refractivity contribution in [1.82, 2.24) is 9.62 Å². The first-order chi connectivity index (χ1) is 11.1. The zero-order valence-electron chi connectivity index (χ0n) is 14.1. The van der Waals surface area contributed by atoms with Crippen molar-refractivity contribution in [3.63, 3.8) is 0 Å². The summed E-state index contributed by atoms with van der Waals surface area (Å²) in [6.45, 7) is 6.20. The van der Waals surface area contributed by atoms with E-state index < -0.39 is 21.7 Å². The summed E-state index contributed by atoms with van der Waals surface area (Å²) in [6.07, 6.45) is 1.19. The van der Waals surface area contributed by atoms with Gasteiger partial charge in [-0.3, -0.25) is 0 Å². The van der Waals surface area contributed by atoms with Gasteiger partial charge in [0.1, 0.15) is 5.60 Å². The van der Waals surface area contributed by atoms with E-state index in [9.17, 15) is 13.2 Å². The van der Waals surface area contributed by atoms with Gasteiger partial charge in [-0.1, -0.05) is 15.9 Å². The van der Waals surface area contributed by atoms with Gasteiger partial charge in [0.15, 0.2) is 0 Å². The Balaban J connectivity index is 1.99. The van der Waals surface area contributed by atoms with Crippen LogP contribution in [0, 0.1) is 0 Å². The summed E-state index contributed by atoms with van der Waals surface area (Å²) in [7, 11) is -3.60. The van der Waals surface area contributed by atoms with Gasteiger partial charge in [0, 0.05) is 23.6 Å². The molecule has 0 bridgehead atoms. The highest BCUT2D eigenvalue weighted by Gasteiger charge is 2.32. The van der Waals surface area contributed by atoms with Gasteiger partial charge in [-0.15, -0.1) is 0 Å². The molecule has 0 radical (unpaired) electrons. The molecule has 8 heteroatoms. The van der Waals surface area contributed by atoms with Crippen molar-refractivity contribution in [2.45, 2.75) is 50.2 Å². The molecule has 1 aliphatic heterocycles. The number of benzene rings is 1. The van der Waals surface area contributed by atoms with Gasteiger partial charge in [0.25, 0.3) is 0 Å². The number of sulfonamides is 1. The zero-order valence-corrected chi connectivity index (χ0v) is 16.5. The Morgan fingerprint density at radius 1 is 1.33 bits per heavy atom. The number of amides is 1. The number of carbonyl (C=O) groups is 1. The monoisotopic (exact) mass is 418 g/mol. The highest BCUT2D eigenvalue weighted by atomic mass is 79.9. The van der Waals surface area contributed by atoms with Crippen LogP contribution in [0.15, 0.2) is 33.6 Å². The first kappa shape index (κ1) is 19.2. The zero-order chi connectivity index (χ0) is 18.0. The normalized spacial score (nSPS) is 18.7. The molecule has 0 spiro atoms. The third-order valence-electron chi connectivity index (χ3n) is 3.64. The van der Waals surface area contributed by atoms with Crippen molar-refractivity contribution >= 4 is 32.0 Å². The fourth-order valence-corrected chi connectivity index (χ4v) is 3.85. The summed E-state index contributed by atoms with van der Waals surface area (Å²) in [5.41, 5.74) is -0.568. The number of rotatable bonds is 4. The minimum atomic E-state index is -3.60. The van der Waals surface area contributed by atoms with Gasteiger partial charge < -0.3 is 9.64 Å². The predicted octanol–water partition coefficient (Wildman–Crippen LogP) is 3.13. The molecular weight excluding hydrogens is 396 g/mol. The molecule has 0 saturated carbocycles. The number of nitrogens with one attached hydrogen (secondary N) is 1. The highest BCUT2D eigenvalue weighted by molar-refractivity contribution is 9.10. The molecule has 1 amide bonds. The number of hydrogen-bond acceptors (Lipinski definition) is 4. The Bertz CT molecular complexity index is 683. The van der Waals surface area contributed by atoms with Crippen molar-refractivity contribution in [3.8, 4) is 0 Å². The van der Waals surface area contributed by atoms with Gasteiger partial charge in [-0.05, 0) is 57.9 Å². The molecule has 1 fully saturated rings. The quantitative estimate of drug-likeness (QED) is 0.814. The molecule has 134 valence electrons. The van der Waals surface area contributed by atoms with E-state index in [4.69, 9.17) is 4.74 Å². The number of nitrogens with zero attached hydrogens (tertiary/aromatic N) is 1. The SMILES string of the molecule is CC(C)(C)OC(=O)N1CCC[C@H]1CNS(=O)(=O)c1ccc(Br)cc1. The number of likely N-dealkylation sites (tertiary alicyclic amines) is 1. The molecule has 1 aromatic carbocycles. The number of carbonyl (C=O) groups excluding carboxylic acids is 1. The molecule has 0 unspecified atom stereocenters. The lowest BCUT2D eigenvalue weighted by Crippen LogP contribution is -2.45. The topological polar surface area (TPSA) is 75.7 Å². The maximum atomic E-state index is 12.3. The Labute approximate surface area is 151 Å². The summed E-state index contributed by atoms with van der Waals surface area (Å²) < 4.78 is 33.5. The largest absolute Gasteiger partial charge is 0.444 e. The highest BCUT2D eigenvalue weighted by Crippen LogP contribution is 2.21. The lowest BCUT2D eigenvalue weighted by Gasteiger charge is -2.28. The van der Waals surface area contributed by atoms with Crippen LogP contribution >= 0.6 is 15.9 Å². The van der Waals surface area contributed by atoms with E-state index >= 15 is 0 Å².